The normalized spacial score (nSPS) is 15.1. The summed E-state index contributed by atoms with van der Waals surface area (Å²) in [7, 11) is 0. The Labute approximate surface area is 151 Å². The molecule has 0 atom stereocenters. The first-order valence-corrected chi connectivity index (χ1v) is 8.74. The number of carbonyl (C=O) groups excluding carboxylic acids is 2. The van der Waals surface area contributed by atoms with Gasteiger partial charge in [-0.3, -0.25) is 9.59 Å². The Morgan fingerprint density at radius 1 is 1.27 bits per heavy atom. The van der Waals surface area contributed by atoms with Crippen molar-refractivity contribution in [1.29, 1.82) is 0 Å². The van der Waals surface area contributed by atoms with Crippen molar-refractivity contribution in [2.75, 3.05) is 24.5 Å². The molecular weight excluding hydrogens is 345 g/mol. The van der Waals surface area contributed by atoms with Crippen LogP contribution in [0.25, 0.3) is 6.08 Å². The van der Waals surface area contributed by atoms with Gasteiger partial charge in [-0.2, -0.15) is 13.2 Å². The average molecular weight is 368 g/mol. The van der Waals surface area contributed by atoms with Crippen molar-refractivity contribution in [2.45, 2.75) is 38.8 Å². The molecule has 1 heterocycles. The van der Waals surface area contributed by atoms with E-state index in [1.807, 2.05) is 6.92 Å². The molecular formula is C19H23F3N2O2. The van der Waals surface area contributed by atoms with Crippen molar-refractivity contribution < 1.29 is 22.8 Å². The first kappa shape index (κ1) is 20.0. The summed E-state index contributed by atoms with van der Waals surface area (Å²) in [6.45, 7) is 1.39. The average Bonchev–Trinajstić information content (AvgIpc) is 3.02. The molecule has 4 nitrogen and oxygen atoms in total. The molecule has 0 spiro atoms. The number of benzene rings is 1. The number of anilines is 1. The molecule has 2 rings (SSSR count). The Hall–Kier alpha value is -2.31. The molecule has 1 aliphatic heterocycles. The molecule has 2 amide bonds. The summed E-state index contributed by atoms with van der Waals surface area (Å²) >= 11 is 0. The lowest BCUT2D eigenvalue weighted by Crippen LogP contribution is -2.38. The predicted molar refractivity (Wildman–Crippen MR) is 94.6 cm³/mol. The van der Waals surface area contributed by atoms with Crippen LogP contribution in [0.3, 0.4) is 0 Å². The molecule has 0 N–H and O–H groups in total. The number of unbranched alkanes of at least 4 members (excludes halogenated alkanes) is 1. The van der Waals surface area contributed by atoms with E-state index in [1.165, 1.54) is 6.08 Å². The molecule has 7 heteroatoms. The van der Waals surface area contributed by atoms with Gasteiger partial charge in [-0.25, -0.2) is 0 Å². The van der Waals surface area contributed by atoms with E-state index in [1.54, 1.807) is 29.2 Å². The van der Waals surface area contributed by atoms with Crippen LogP contribution >= 0.6 is 0 Å². The summed E-state index contributed by atoms with van der Waals surface area (Å²) in [4.78, 5) is 26.3. The zero-order valence-electron chi connectivity index (χ0n) is 14.8. The molecule has 1 saturated heterocycles. The number of amides is 2. The minimum absolute atomic E-state index is 0.0786. The maximum Gasteiger partial charge on any atom is 0.406 e. The fraction of sp³-hybridized carbons (Fsp3) is 0.474. The molecule has 0 unspecified atom stereocenters. The SMILES string of the molecule is CCCCN(CC(F)(F)F)C(=O)/C=C/c1ccc(N2CCCC2=O)cc1. The summed E-state index contributed by atoms with van der Waals surface area (Å²) in [5, 5.41) is 0. The van der Waals surface area contributed by atoms with Gasteiger partial charge in [-0.15, -0.1) is 0 Å². The van der Waals surface area contributed by atoms with E-state index in [9.17, 15) is 22.8 Å². The van der Waals surface area contributed by atoms with Gasteiger partial charge in [0.15, 0.2) is 0 Å². The second-order valence-corrected chi connectivity index (χ2v) is 6.30. The number of alkyl halides is 3. The van der Waals surface area contributed by atoms with Gasteiger partial charge in [0, 0.05) is 31.3 Å². The topological polar surface area (TPSA) is 40.6 Å². The van der Waals surface area contributed by atoms with Gasteiger partial charge in [-0.05, 0) is 36.6 Å². The molecule has 1 aromatic carbocycles. The number of rotatable bonds is 7. The van der Waals surface area contributed by atoms with Crippen molar-refractivity contribution in [3.8, 4) is 0 Å². The molecule has 142 valence electrons. The Morgan fingerprint density at radius 3 is 2.50 bits per heavy atom. The molecule has 0 bridgehead atoms. The highest BCUT2D eigenvalue weighted by atomic mass is 19.4. The van der Waals surface area contributed by atoms with Crippen LogP contribution in [-0.2, 0) is 9.59 Å². The zero-order valence-corrected chi connectivity index (χ0v) is 14.8. The molecule has 0 aliphatic carbocycles. The largest absolute Gasteiger partial charge is 0.406 e. The van der Waals surface area contributed by atoms with Crippen LogP contribution < -0.4 is 4.90 Å². The predicted octanol–water partition coefficient (Wildman–Crippen LogP) is 4.02. The van der Waals surface area contributed by atoms with E-state index in [0.717, 1.165) is 23.1 Å². The maximum atomic E-state index is 12.6. The maximum absolute atomic E-state index is 12.6. The highest BCUT2D eigenvalue weighted by Crippen LogP contribution is 2.22. The van der Waals surface area contributed by atoms with Gasteiger partial charge in [0.1, 0.15) is 6.54 Å². The van der Waals surface area contributed by atoms with Crippen LogP contribution in [0.4, 0.5) is 18.9 Å². The standard InChI is InChI=1S/C19H23F3N2O2/c1-2-3-12-23(14-19(20,21)22)17(25)11-8-15-6-9-16(10-7-15)24-13-4-5-18(24)26/h6-11H,2-5,12-14H2,1H3/b11-8+. The van der Waals surface area contributed by atoms with Gasteiger partial charge in [0.05, 0.1) is 0 Å². The number of halogens is 3. The molecule has 0 saturated carbocycles. The highest BCUT2D eigenvalue weighted by molar-refractivity contribution is 5.95. The van der Waals surface area contributed by atoms with E-state index in [4.69, 9.17) is 0 Å². The smallest absolute Gasteiger partial charge is 0.330 e. The van der Waals surface area contributed by atoms with Crippen LogP contribution in [0, 0.1) is 0 Å². The van der Waals surface area contributed by atoms with Crippen LogP contribution in [0.15, 0.2) is 30.3 Å². The van der Waals surface area contributed by atoms with Crippen LogP contribution in [0.5, 0.6) is 0 Å². The molecule has 0 radical (unpaired) electrons. The van der Waals surface area contributed by atoms with Crippen molar-refractivity contribution >= 4 is 23.6 Å². The summed E-state index contributed by atoms with van der Waals surface area (Å²) < 4.78 is 37.9. The Morgan fingerprint density at radius 2 is 1.96 bits per heavy atom. The Balaban J connectivity index is 2.01. The number of hydrogen-bond acceptors (Lipinski definition) is 2. The third-order valence-electron chi connectivity index (χ3n) is 4.16. The summed E-state index contributed by atoms with van der Waals surface area (Å²) in [6, 6.07) is 7.03. The summed E-state index contributed by atoms with van der Waals surface area (Å²) in [6.07, 6.45) is 0.854. The van der Waals surface area contributed by atoms with Crippen LogP contribution in [-0.4, -0.2) is 42.5 Å². The third-order valence-corrected chi connectivity index (χ3v) is 4.16. The van der Waals surface area contributed by atoms with Gasteiger partial charge in [0.25, 0.3) is 0 Å². The van der Waals surface area contributed by atoms with E-state index in [2.05, 4.69) is 0 Å². The van der Waals surface area contributed by atoms with E-state index in [0.29, 0.717) is 31.4 Å². The number of carbonyl (C=O) groups is 2. The second-order valence-electron chi connectivity index (χ2n) is 6.30. The van der Waals surface area contributed by atoms with Crippen molar-refractivity contribution in [3.05, 3.63) is 35.9 Å². The van der Waals surface area contributed by atoms with E-state index < -0.39 is 18.6 Å². The van der Waals surface area contributed by atoms with Gasteiger partial charge in [-0.1, -0.05) is 25.5 Å². The lowest BCUT2D eigenvalue weighted by molar-refractivity contribution is -0.158. The molecule has 1 aromatic rings. The fourth-order valence-corrected chi connectivity index (χ4v) is 2.79. The molecule has 1 fully saturated rings. The first-order chi connectivity index (χ1) is 12.3. The van der Waals surface area contributed by atoms with Gasteiger partial charge < -0.3 is 9.80 Å². The van der Waals surface area contributed by atoms with Crippen molar-refractivity contribution in [3.63, 3.8) is 0 Å². The van der Waals surface area contributed by atoms with Gasteiger partial charge in [0.2, 0.25) is 11.8 Å². The lowest BCUT2D eigenvalue weighted by Gasteiger charge is -2.22. The summed E-state index contributed by atoms with van der Waals surface area (Å²) in [5.74, 6) is -0.572. The zero-order chi connectivity index (χ0) is 19.2. The first-order valence-electron chi connectivity index (χ1n) is 8.74. The molecule has 1 aliphatic rings. The van der Waals surface area contributed by atoms with Crippen LogP contribution in [0.1, 0.15) is 38.2 Å². The van der Waals surface area contributed by atoms with Gasteiger partial charge >= 0.3 is 6.18 Å². The highest BCUT2D eigenvalue weighted by Gasteiger charge is 2.32. The Bertz CT molecular complexity index is 654. The fourth-order valence-electron chi connectivity index (χ4n) is 2.79. The van der Waals surface area contributed by atoms with Crippen molar-refractivity contribution in [2.24, 2.45) is 0 Å². The van der Waals surface area contributed by atoms with E-state index in [-0.39, 0.29) is 12.5 Å². The minimum atomic E-state index is -4.42. The number of nitrogens with zero attached hydrogens (tertiary/aromatic N) is 2. The quantitative estimate of drug-likeness (QED) is 0.682. The monoisotopic (exact) mass is 368 g/mol. The third kappa shape index (κ3) is 5.89. The Kier molecular flexibility index (Phi) is 6.83. The number of hydrogen-bond donors (Lipinski definition) is 0. The minimum Gasteiger partial charge on any atom is -0.330 e. The molecule has 0 aromatic heterocycles. The van der Waals surface area contributed by atoms with Crippen LogP contribution in [0.2, 0.25) is 0 Å². The molecule has 26 heavy (non-hydrogen) atoms. The lowest BCUT2D eigenvalue weighted by atomic mass is 10.1. The van der Waals surface area contributed by atoms with Crippen molar-refractivity contribution in [1.82, 2.24) is 4.90 Å². The second kappa shape index (κ2) is 8.87. The summed E-state index contributed by atoms with van der Waals surface area (Å²) in [5.41, 5.74) is 1.48. The van der Waals surface area contributed by atoms with E-state index >= 15 is 0 Å².